The van der Waals surface area contributed by atoms with Gasteiger partial charge in [0.2, 0.25) is 11.8 Å². The maximum atomic E-state index is 14.5. The molecule has 4 aromatic rings. The van der Waals surface area contributed by atoms with Crippen molar-refractivity contribution in [3.63, 3.8) is 0 Å². The van der Waals surface area contributed by atoms with Gasteiger partial charge in [-0.05, 0) is 85.1 Å². The molecule has 5 rings (SSSR count). The number of nitrogens with zero attached hydrogens (tertiary/aromatic N) is 3. The summed E-state index contributed by atoms with van der Waals surface area (Å²) in [5, 5.41) is 5.97. The maximum absolute atomic E-state index is 14.5. The normalized spacial score (nSPS) is 16.2. The second-order valence-electron chi connectivity index (χ2n) is 23.4. The van der Waals surface area contributed by atoms with Gasteiger partial charge in [0.05, 0.1) is 35.7 Å². The van der Waals surface area contributed by atoms with Crippen LogP contribution in [-0.2, 0) is 57.6 Å². The Balaban J connectivity index is 0.000000681. The first-order valence-electron chi connectivity index (χ1n) is 30.5. The Kier molecular flexibility index (Phi) is 30.4. The fraction of sp³-hybridized carbons (Fsp3) is 0.603. The number of hydrogen-bond donors (Lipinski definition) is 1. The lowest BCUT2D eigenvalue weighted by atomic mass is 9.82. The maximum Gasteiger partial charge on any atom is 0.305 e. The first-order chi connectivity index (χ1) is 39.3. The zero-order valence-corrected chi connectivity index (χ0v) is 52.8. The molecule has 82 heavy (non-hydrogen) atoms. The van der Waals surface area contributed by atoms with E-state index in [0.717, 1.165) is 54.0 Å². The molecule has 0 aliphatic carbocycles. The Hall–Kier alpha value is -5.57. The number of Topliss-reactive ketones (excluding diaryl/α,β-unsaturated/α-hetero) is 3. The molecule has 0 saturated carbocycles. The van der Waals surface area contributed by atoms with E-state index in [1.54, 1.807) is 33.1 Å². The van der Waals surface area contributed by atoms with E-state index >= 15 is 0 Å². The predicted molar refractivity (Wildman–Crippen MR) is 331 cm³/mol. The molecule has 1 fully saturated rings. The number of likely N-dealkylation sites (tertiary alicyclic amines) is 1. The number of ether oxygens (including phenoxy) is 3. The number of carbonyl (C=O) groups excluding carboxylic acids is 6. The van der Waals surface area contributed by atoms with Gasteiger partial charge in [-0.15, -0.1) is 11.3 Å². The summed E-state index contributed by atoms with van der Waals surface area (Å²) in [6.07, 6.45) is 8.25. The Morgan fingerprint density at radius 3 is 1.98 bits per heavy atom. The van der Waals surface area contributed by atoms with Crippen molar-refractivity contribution in [3.05, 3.63) is 118 Å². The number of ketones is 3. The number of thiazole rings is 1. The average Bonchev–Trinajstić information content (AvgIpc) is 4.31. The summed E-state index contributed by atoms with van der Waals surface area (Å²) in [5.41, 5.74) is 4.88. The van der Waals surface area contributed by atoms with Gasteiger partial charge in [0.15, 0.2) is 5.78 Å². The molecule has 1 N–H and O–H groups in total. The Morgan fingerprint density at radius 2 is 1.39 bits per heavy atom. The quantitative estimate of drug-likeness (QED) is 0.0265. The van der Waals surface area contributed by atoms with Crippen molar-refractivity contribution in [2.45, 2.75) is 196 Å². The highest BCUT2D eigenvalue weighted by Gasteiger charge is 2.43. The number of methoxy groups -OCH3 is 2. The number of likely N-dealkylation sites (N-methyl/N-ethyl adjacent to an activating group) is 1. The number of aromatic nitrogens is 1. The molecule has 0 spiro atoms. The minimum atomic E-state index is -0.589. The number of rotatable bonds is 35. The molecule has 2 amide bonds. The van der Waals surface area contributed by atoms with Crippen molar-refractivity contribution < 1.29 is 43.0 Å². The van der Waals surface area contributed by atoms with E-state index in [9.17, 15) is 28.8 Å². The molecule has 1 aromatic heterocycles. The smallest absolute Gasteiger partial charge is 0.305 e. The highest BCUT2D eigenvalue weighted by atomic mass is 32.1. The van der Waals surface area contributed by atoms with Crippen molar-refractivity contribution in [1.82, 2.24) is 14.8 Å². The van der Waals surface area contributed by atoms with E-state index in [-0.39, 0.29) is 90.0 Å². The van der Waals surface area contributed by atoms with Gasteiger partial charge in [-0.25, -0.2) is 4.98 Å². The Bertz CT molecular complexity index is 2540. The fourth-order valence-electron chi connectivity index (χ4n) is 11.0. The summed E-state index contributed by atoms with van der Waals surface area (Å²) >= 11 is 1.44. The molecule has 3 aromatic carbocycles. The second-order valence-corrected chi connectivity index (χ2v) is 24.3. The molecule has 9 atom stereocenters. The SMILES string of the molecule is CCCCCNc1ccc(COC(=O)CC)cc1.CC[C@H](C)C([C@@H](CC(=O)N1CCC[C@H]1[C@H](OC)[C@@H](C)C(=O)C[C@@H](Cc1ccccc1)c1nc(C(=O)CCCc2ccccc2)cs1)OC)N(C)C(=O)[C@@H](CC(=O)[C@@H](C)C(C)C)C(C)C. The second kappa shape index (κ2) is 36.2. The highest BCUT2D eigenvalue weighted by molar-refractivity contribution is 7.10. The number of carbonyl (C=O) groups is 6. The van der Waals surface area contributed by atoms with Gasteiger partial charge in [0, 0.05) is 94.8 Å². The first-order valence-corrected chi connectivity index (χ1v) is 31.4. The zero-order chi connectivity index (χ0) is 60.3. The third-order valence-electron chi connectivity index (χ3n) is 16.8. The lowest BCUT2D eigenvalue weighted by molar-refractivity contribution is -0.149. The molecular weight excluding hydrogens is 1050 g/mol. The van der Waals surface area contributed by atoms with Crippen LogP contribution in [-0.4, -0.2) is 109 Å². The van der Waals surface area contributed by atoms with Gasteiger partial charge in [-0.1, -0.05) is 161 Å². The number of benzene rings is 3. The van der Waals surface area contributed by atoms with Crippen molar-refractivity contribution in [2.24, 2.45) is 35.5 Å². The lowest BCUT2D eigenvalue weighted by Gasteiger charge is -2.41. The van der Waals surface area contributed by atoms with Crippen LogP contribution in [0.25, 0.3) is 0 Å². The van der Waals surface area contributed by atoms with E-state index < -0.39 is 30.1 Å². The average molecular weight is 1150 g/mol. The molecule has 1 aliphatic heterocycles. The number of amides is 2. The summed E-state index contributed by atoms with van der Waals surface area (Å²) in [4.78, 5) is 89.2. The van der Waals surface area contributed by atoms with Crippen LogP contribution in [0.1, 0.15) is 184 Å². The lowest BCUT2D eigenvalue weighted by Crippen LogP contribution is -2.54. The molecule has 1 aliphatic rings. The zero-order valence-electron chi connectivity index (χ0n) is 52.0. The summed E-state index contributed by atoms with van der Waals surface area (Å²) in [6.45, 7) is 21.9. The van der Waals surface area contributed by atoms with Crippen LogP contribution in [0.3, 0.4) is 0 Å². The van der Waals surface area contributed by atoms with Crippen LogP contribution in [0.2, 0.25) is 0 Å². The number of hydrogen-bond acceptors (Lipinski definition) is 12. The van der Waals surface area contributed by atoms with Crippen LogP contribution < -0.4 is 5.32 Å². The number of aryl methyl sites for hydroxylation is 1. The molecule has 1 saturated heterocycles. The van der Waals surface area contributed by atoms with Gasteiger partial charge >= 0.3 is 5.97 Å². The van der Waals surface area contributed by atoms with Gasteiger partial charge in [-0.2, -0.15) is 0 Å². The minimum Gasteiger partial charge on any atom is -0.461 e. The summed E-state index contributed by atoms with van der Waals surface area (Å²) in [6, 6.07) is 27.5. The molecule has 452 valence electrons. The number of nitrogens with one attached hydrogen (secondary N) is 1. The van der Waals surface area contributed by atoms with E-state index in [2.05, 4.69) is 50.4 Å². The van der Waals surface area contributed by atoms with E-state index in [0.29, 0.717) is 44.5 Å². The summed E-state index contributed by atoms with van der Waals surface area (Å²) in [5.74, 6) is -1.47. The summed E-state index contributed by atoms with van der Waals surface area (Å²) < 4.78 is 17.3. The van der Waals surface area contributed by atoms with E-state index in [4.69, 9.17) is 19.2 Å². The molecule has 0 radical (unpaired) electrons. The van der Waals surface area contributed by atoms with Crippen LogP contribution in [0.4, 0.5) is 5.69 Å². The predicted octanol–water partition coefficient (Wildman–Crippen LogP) is 13.8. The topological polar surface area (TPSA) is 162 Å². The van der Waals surface area contributed by atoms with Gasteiger partial charge in [0.1, 0.15) is 23.9 Å². The molecule has 0 bridgehead atoms. The molecule has 2 heterocycles. The summed E-state index contributed by atoms with van der Waals surface area (Å²) in [7, 11) is 5.00. The van der Waals surface area contributed by atoms with E-state index in [1.807, 2.05) is 112 Å². The monoisotopic (exact) mass is 1150 g/mol. The van der Waals surface area contributed by atoms with Crippen LogP contribution in [0.5, 0.6) is 0 Å². The van der Waals surface area contributed by atoms with Gasteiger partial charge < -0.3 is 29.3 Å². The minimum absolute atomic E-state index is 0.00876. The van der Waals surface area contributed by atoms with Crippen LogP contribution >= 0.6 is 11.3 Å². The first kappa shape index (κ1) is 68.9. The fourth-order valence-corrected chi connectivity index (χ4v) is 11.9. The molecule has 13 nitrogen and oxygen atoms in total. The molecule has 14 heteroatoms. The highest BCUT2D eigenvalue weighted by Crippen LogP contribution is 2.34. The van der Waals surface area contributed by atoms with Crippen molar-refractivity contribution in [2.75, 3.05) is 39.7 Å². The largest absolute Gasteiger partial charge is 0.461 e. The third-order valence-corrected chi connectivity index (χ3v) is 17.8. The Morgan fingerprint density at radius 1 is 0.744 bits per heavy atom. The van der Waals surface area contributed by atoms with Crippen LogP contribution in [0.15, 0.2) is 90.3 Å². The van der Waals surface area contributed by atoms with Crippen LogP contribution in [0, 0.1) is 35.5 Å². The number of unbranched alkanes of at least 4 members (excludes halogenated alkanes) is 2. The number of esters is 1. The van der Waals surface area contributed by atoms with Gasteiger partial charge in [-0.3, -0.25) is 28.8 Å². The van der Waals surface area contributed by atoms with Gasteiger partial charge in [0.25, 0.3) is 0 Å². The Labute approximate surface area is 496 Å². The van der Waals surface area contributed by atoms with Crippen molar-refractivity contribution in [3.8, 4) is 0 Å². The number of anilines is 1. The molecule has 1 unspecified atom stereocenters. The molecular formula is C68H100N4O9S. The van der Waals surface area contributed by atoms with E-state index in [1.165, 1.54) is 36.2 Å². The van der Waals surface area contributed by atoms with Crippen molar-refractivity contribution in [1.29, 1.82) is 0 Å². The third kappa shape index (κ3) is 21.6. The van der Waals surface area contributed by atoms with Crippen molar-refractivity contribution >= 4 is 52.2 Å². The standard InChI is InChI=1S/C53H77N3O7S.C15H23NO2/c1-12-36(6)50(55(9)53(61)42(35(4)5)31-47(59)37(7)34(2)3)48(62-10)32-49(60)56-28-20-26-44(56)51(63-11)38(8)46(58)30-41(29-40-23-17-14-18-24-40)52-54-43(33-64-52)45(57)27-19-25-39-21-15-13-16-22-39;1-3-5-6-11-16-14-9-7-13(8-10-14)12-18-15(17)4-2/h13-18,21-24,33-38,41-42,44,48,50-51H,12,19-20,25-32H2,1-11H3;7-10,16H,3-6,11-12H2,1-2H3/t36-,37-,38-,41+,42-,44-,48+,50?,51+;/m0./s1.